The first kappa shape index (κ1) is 13.7. The molecule has 3 nitrogen and oxygen atoms in total. The Morgan fingerprint density at radius 2 is 1.88 bits per heavy atom. The van der Waals surface area contributed by atoms with Crippen LogP contribution in [0.15, 0.2) is 30.3 Å². The van der Waals surface area contributed by atoms with E-state index in [9.17, 15) is 4.79 Å². The van der Waals surface area contributed by atoms with Crippen LogP contribution >= 0.6 is 0 Å². The molecule has 0 spiro atoms. The van der Waals surface area contributed by atoms with Gasteiger partial charge in [-0.05, 0) is 32.4 Å². The standard InChI is InChI=1S/C14H22N2O/c1-4-16-14(2,3)13(17)15-11-10-12-8-6-5-7-9-12/h5-9,16H,4,10-11H2,1-3H3,(H,15,17). The van der Waals surface area contributed by atoms with E-state index in [1.54, 1.807) is 0 Å². The molecule has 0 radical (unpaired) electrons. The lowest BCUT2D eigenvalue weighted by Crippen LogP contribution is -2.52. The summed E-state index contributed by atoms with van der Waals surface area (Å²) in [6.07, 6.45) is 0.870. The molecular formula is C14H22N2O. The Balaban J connectivity index is 2.34. The van der Waals surface area contributed by atoms with Gasteiger partial charge in [0.05, 0.1) is 5.54 Å². The Morgan fingerprint density at radius 3 is 2.47 bits per heavy atom. The molecule has 0 heterocycles. The Hall–Kier alpha value is -1.35. The van der Waals surface area contributed by atoms with Crippen molar-refractivity contribution in [2.24, 2.45) is 0 Å². The van der Waals surface area contributed by atoms with Gasteiger partial charge in [0.1, 0.15) is 0 Å². The van der Waals surface area contributed by atoms with Crippen molar-refractivity contribution in [1.29, 1.82) is 0 Å². The van der Waals surface area contributed by atoms with Gasteiger partial charge in [0.25, 0.3) is 0 Å². The number of hydrogen-bond acceptors (Lipinski definition) is 2. The quantitative estimate of drug-likeness (QED) is 0.787. The van der Waals surface area contributed by atoms with Crippen molar-refractivity contribution in [3.05, 3.63) is 35.9 Å². The molecule has 0 saturated carbocycles. The lowest BCUT2D eigenvalue weighted by Gasteiger charge is -2.24. The third kappa shape index (κ3) is 4.57. The normalized spacial score (nSPS) is 11.2. The molecule has 0 atom stereocenters. The molecule has 1 rings (SSSR count). The maximum Gasteiger partial charge on any atom is 0.239 e. The van der Waals surface area contributed by atoms with E-state index in [1.807, 2.05) is 39.0 Å². The number of carbonyl (C=O) groups excluding carboxylic acids is 1. The summed E-state index contributed by atoms with van der Waals surface area (Å²) in [4.78, 5) is 11.9. The first-order valence-electron chi connectivity index (χ1n) is 6.13. The largest absolute Gasteiger partial charge is 0.354 e. The number of amides is 1. The van der Waals surface area contributed by atoms with Gasteiger partial charge in [-0.15, -0.1) is 0 Å². The highest BCUT2D eigenvalue weighted by Crippen LogP contribution is 2.02. The van der Waals surface area contributed by atoms with Crippen LogP contribution in [0.3, 0.4) is 0 Å². The minimum atomic E-state index is -0.495. The van der Waals surface area contributed by atoms with E-state index in [4.69, 9.17) is 0 Å². The van der Waals surface area contributed by atoms with Crippen molar-refractivity contribution in [3.8, 4) is 0 Å². The average molecular weight is 234 g/mol. The van der Waals surface area contributed by atoms with Crippen LogP contribution in [0.4, 0.5) is 0 Å². The summed E-state index contributed by atoms with van der Waals surface area (Å²) in [5, 5.41) is 6.11. The minimum absolute atomic E-state index is 0.0512. The maximum absolute atomic E-state index is 11.9. The van der Waals surface area contributed by atoms with Gasteiger partial charge >= 0.3 is 0 Å². The molecule has 1 aromatic rings. The van der Waals surface area contributed by atoms with E-state index in [1.165, 1.54) is 5.56 Å². The van der Waals surface area contributed by atoms with Gasteiger partial charge < -0.3 is 10.6 Å². The Morgan fingerprint density at radius 1 is 1.24 bits per heavy atom. The molecule has 1 amide bonds. The summed E-state index contributed by atoms with van der Waals surface area (Å²) in [5.74, 6) is 0.0512. The molecule has 2 N–H and O–H groups in total. The second-order valence-electron chi connectivity index (χ2n) is 4.65. The summed E-state index contributed by atoms with van der Waals surface area (Å²) in [5.41, 5.74) is 0.750. The molecular weight excluding hydrogens is 212 g/mol. The van der Waals surface area contributed by atoms with Crippen LogP contribution < -0.4 is 10.6 Å². The summed E-state index contributed by atoms with van der Waals surface area (Å²) >= 11 is 0. The van der Waals surface area contributed by atoms with Gasteiger partial charge in [0, 0.05) is 6.54 Å². The van der Waals surface area contributed by atoms with E-state index < -0.39 is 5.54 Å². The molecule has 17 heavy (non-hydrogen) atoms. The van der Waals surface area contributed by atoms with Crippen molar-refractivity contribution in [3.63, 3.8) is 0 Å². The molecule has 0 saturated heterocycles. The van der Waals surface area contributed by atoms with Crippen LogP contribution in [0.5, 0.6) is 0 Å². The number of rotatable bonds is 6. The van der Waals surface area contributed by atoms with E-state index in [-0.39, 0.29) is 5.91 Å². The second-order valence-corrected chi connectivity index (χ2v) is 4.65. The summed E-state index contributed by atoms with van der Waals surface area (Å²) in [6.45, 7) is 7.26. The van der Waals surface area contributed by atoms with Gasteiger partial charge in [-0.1, -0.05) is 37.3 Å². The lowest BCUT2D eigenvalue weighted by molar-refractivity contribution is -0.126. The number of benzene rings is 1. The summed E-state index contributed by atoms with van der Waals surface area (Å²) < 4.78 is 0. The molecule has 0 aromatic heterocycles. The molecule has 0 bridgehead atoms. The number of hydrogen-bond donors (Lipinski definition) is 2. The highest BCUT2D eigenvalue weighted by atomic mass is 16.2. The first-order chi connectivity index (χ1) is 8.06. The van der Waals surface area contributed by atoms with Crippen molar-refractivity contribution < 1.29 is 4.79 Å². The fraction of sp³-hybridized carbons (Fsp3) is 0.500. The lowest BCUT2D eigenvalue weighted by atomic mass is 10.0. The molecule has 0 unspecified atom stereocenters. The Kier molecular flexibility index (Phi) is 5.16. The number of likely N-dealkylation sites (N-methyl/N-ethyl adjacent to an activating group) is 1. The smallest absolute Gasteiger partial charge is 0.239 e. The van der Waals surface area contributed by atoms with Crippen LogP contribution in [-0.2, 0) is 11.2 Å². The highest BCUT2D eigenvalue weighted by molar-refractivity contribution is 5.85. The van der Waals surface area contributed by atoms with Gasteiger partial charge in [-0.3, -0.25) is 4.79 Å². The SMILES string of the molecule is CCNC(C)(C)C(=O)NCCc1ccccc1. The fourth-order valence-corrected chi connectivity index (χ4v) is 1.71. The number of nitrogens with one attached hydrogen (secondary N) is 2. The molecule has 0 aliphatic heterocycles. The zero-order valence-corrected chi connectivity index (χ0v) is 10.9. The van der Waals surface area contributed by atoms with Gasteiger partial charge in [0.2, 0.25) is 5.91 Å². The van der Waals surface area contributed by atoms with Crippen LogP contribution in [0.2, 0.25) is 0 Å². The van der Waals surface area contributed by atoms with Crippen molar-refractivity contribution in [2.75, 3.05) is 13.1 Å². The average Bonchev–Trinajstić information content (AvgIpc) is 2.30. The van der Waals surface area contributed by atoms with Crippen molar-refractivity contribution >= 4 is 5.91 Å². The molecule has 3 heteroatoms. The van der Waals surface area contributed by atoms with Crippen LogP contribution in [-0.4, -0.2) is 24.5 Å². The highest BCUT2D eigenvalue weighted by Gasteiger charge is 2.25. The van der Waals surface area contributed by atoms with E-state index >= 15 is 0 Å². The first-order valence-corrected chi connectivity index (χ1v) is 6.13. The Bertz CT molecular complexity index is 346. The zero-order chi connectivity index (χ0) is 12.7. The van der Waals surface area contributed by atoms with E-state index in [0.29, 0.717) is 6.54 Å². The topological polar surface area (TPSA) is 41.1 Å². The summed E-state index contributed by atoms with van der Waals surface area (Å²) in [6, 6.07) is 10.2. The summed E-state index contributed by atoms with van der Waals surface area (Å²) in [7, 11) is 0. The minimum Gasteiger partial charge on any atom is -0.354 e. The Labute approximate surface area is 104 Å². The van der Waals surface area contributed by atoms with E-state index in [2.05, 4.69) is 22.8 Å². The zero-order valence-electron chi connectivity index (χ0n) is 10.9. The van der Waals surface area contributed by atoms with Crippen LogP contribution in [0.1, 0.15) is 26.3 Å². The number of carbonyl (C=O) groups is 1. The van der Waals surface area contributed by atoms with Crippen LogP contribution in [0, 0.1) is 0 Å². The van der Waals surface area contributed by atoms with Crippen molar-refractivity contribution in [2.45, 2.75) is 32.7 Å². The third-order valence-electron chi connectivity index (χ3n) is 2.73. The fourth-order valence-electron chi connectivity index (χ4n) is 1.71. The molecule has 0 aliphatic carbocycles. The molecule has 94 valence electrons. The second kappa shape index (κ2) is 6.40. The van der Waals surface area contributed by atoms with Gasteiger partial charge in [-0.25, -0.2) is 0 Å². The predicted molar refractivity (Wildman–Crippen MR) is 70.9 cm³/mol. The monoisotopic (exact) mass is 234 g/mol. The molecule has 1 aromatic carbocycles. The van der Waals surface area contributed by atoms with Gasteiger partial charge in [-0.2, -0.15) is 0 Å². The molecule has 0 aliphatic rings. The van der Waals surface area contributed by atoms with Crippen LogP contribution in [0.25, 0.3) is 0 Å². The van der Waals surface area contributed by atoms with Gasteiger partial charge in [0.15, 0.2) is 0 Å². The van der Waals surface area contributed by atoms with E-state index in [0.717, 1.165) is 13.0 Å². The predicted octanol–water partition coefficient (Wildman–Crippen LogP) is 1.73. The third-order valence-corrected chi connectivity index (χ3v) is 2.73. The molecule has 0 fully saturated rings. The maximum atomic E-state index is 11.9. The van der Waals surface area contributed by atoms with Crippen molar-refractivity contribution in [1.82, 2.24) is 10.6 Å².